The van der Waals surface area contributed by atoms with Gasteiger partial charge in [-0.05, 0) is 78.2 Å². The molecule has 2 aromatic heterocycles. The molecular formula is C34H30N6O4S. The lowest BCUT2D eigenvalue weighted by Gasteiger charge is -2.29. The highest BCUT2D eigenvalue weighted by Gasteiger charge is 2.52. The van der Waals surface area contributed by atoms with Gasteiger partial charge in [-0.25, -0.2) is 8.42 Å². The van der Waals surface area contributed by atoms with Gasteiger partial charge in [-0.2, -0.15) is 9.57 Å². The number of carbonyl (C=O) groups is 2. The highest BCUT2D eigenvalue weighted by molar-refractivity contribution is 7.89. The first kappa shape index (κ1) is 29.9. The van der Waals surface area contributed by atoms with Gasteiger partial charge in [0.15, 0.2) is 5.78 Å². The Labute approximate surface area is 261 Å². The van der Waals surface area contributed by atoms with Crippen molar-refractivity contribution in [2.45, 2.75) is 35.7 Å². The van der Waals surface area contributed by atoms with E-state index in [2.05, 4.69) is 15.3 Å². The van der Waals surface area contributed by atoms with E-state index in [-0.39, 0.29) is 29.7 Å². The summed E-state index contributed by atoms with van der Waals surface area (Å²) in [6.45, 7) is 0.303. The summed E-state index contributed by atoms with van der Waals surface area (Å²) < 4.78 is 28.4. The Bertz CT molecular complexity index is 1830. The number of pyridine rings is 2. The van der Waals surface area contributed by atoms with Crippen molar-refractivity contribution < 1.29 is 18.0 Å². The van der Waals surface area contributed by atoms with Crippen LogP contribution < -0.4 is 5.32 Å². The lowest BCUT2D eigenvalue weighted by Crippen LogP contribution is -2.51. The van der Waals surface area contributed by atoms with Crippen LogP contribution in [0.4, 0.5) is 0 Å². The van der Waals surface area contributed by atoms with E-state index in [1.54, 1.807) is 84.3 Å². The molecule has 2 saturated heterocycles. The molecular weight excluding hydrogens is 588 g/mol. The third-order valence-corrected chi connectivity index (χ3v) is 10.1. The summed E-state index contributed by atoms with van der Waals surface area (Å²) in [5.41, 5.74) is 1.36. The van der Waals surface area contributed by atoms with Gasteiger partial charge in [0.25, 0.3) is 5.91 Å². The van der Waals surface area contributed by atoms with Crippen LogP contribution in [0.3, 0.4) is 0 Å². The molecule has 0 bridgehead atoms. The zero-order valence-corrected chi connectivity index (χ0v) is 25.1. The Kier molecular flexibility index (Phi) is 8.26. The normalized spacial score (nSPS) is 18.9. The third-order valence-electron chi connectivity index (χ3n) is 8.20. The lowest BCUT2D eigenvalue weighted by atomic mass is 9.84. The second-order valence-corrected chi connectivity index (χ2v) is 13.1. The van der Waals surface area contributed by atoms with Crippen LogP contribution in [0.2, 0.25) is 0 Å². The molecule has 6 rings (SSSR count). The number of rotatable bonds is 9. The van der Waals surface area contributed by atoms with Crippen LogP contribution in [-0.2, 0) is 27.7 Å². The van der Waals surface area contributed by atoms with E-state index < -0.39 is 21.6 Å². The second kappa shape index (κ2) is 12.4. The number of hydrogen-bond acceptors (Lipinski definition) is 8. The SMILES string of the molecule is N#Cc1ccc(C(=O)C=C2NC(Cc3ccncc3)(Cc3ccncc3)C(=O)N2C2CCN(S(=O)(=O)c3ccccc3)C2)cc1. The Morgan fingerprint density at radius 1 is 0.933 bits per heavy atom. The predicted molar refractivity (Wildman–Crippen MR) is 166 cm³/mol. The summed E-state index contributed by atoms with van der Waals surface area (Å²) in [6, 6.07) is 23.4. The zero-order chi connectivity index (χ0) is 31.4. The Hall–Kier alpha value is -5.18. The van der Waals surface area contributed by atoms with Crippen LogP contribution >= 0.6 is 0 Å². The van der Waals surface area contributed by atoms with E-state index in [1.165, 1.54) is 10.4 Å². The minimum absolute atomic E-state index is 0.0770. The predicted octanol–water partition coefficient (Wildman–Crippen LogP) is 3.49. The number of amides is 1. The van der Waals surface area contributed by atoms with Crippen LogP contribution in [0, 0.1) is 11.3 Å². The highest BCUT2D eigenvalue weighted by atomic mass is 32.2. The first-order valence-corrected chi connectivity index (χ1v) is 15.9. The summed E-state index contributed by atoms with van der Waals surface area (Å²) in [6.07, 6.45) is 9.06. The molecule has 2 fully saturated rings. The van der Waals surface area contributed by atoms with Crippen molar-refractivity contribution in [3.8, 4) is 6.07 Å². The lowest BCUT2D eigenvalue weighted by molar-refractivity contribution is -0.133. The van der Waals surface area contributed by atoms with Gasteiger partial charge in [-0.1, -0.05) is 18.2 Å². The number of hydrogen-bond donors (Lipinski definition) is 1. The monoisotopic (exact) mass is 618 g/mol. The van der Waals surface area contributed by atoms with Crippen molar-refractivity contribution in [1.82, 2.24) is 24.5 Å². The number of carbonyl (C=O) groups excluding carboxylic acids is 2. The maximum atomic E-state index is 14.7. The van der Waals surface area contributed by atoms with Gasteiger partial charge in [-0.15, -0.1) is 0 Å². The van der Waals surface area contributed by atoms with Crippen LogP contribution in [0.5, 0.6) is 0 Å². The molecule has 0 aliphatic carbocycles. The molecule has 0 saturated carbocycles. The molecule has 226 valence electrons. The number of nitriles is 1. The summed E-state index contributed by atoms with van der Waals surface area (Å²) in [5, 5.41) is 12.6. The maximum Gasteiger partial charge on any atom is 0.254 e. The molecule has 2 aliphatic heterocycles. The van der Waals surface area contributed by atoms with Crippen LogP contribution in [0.1, 0.15) is 33.5 Å². The molecule has 2 aliphatic rings. The Morgan fingerprint density at radius 3 is 2.11 bits per heavy atom. The van der Waals surface area contributed by atoms with Gasteiger partial charge < -0.3 is 5.32 Å². The number of ketones is 1. The maximum absolute atomic E-state index is 14.7. The topological polar surface area (TPSA) is 136 Å². The average Bonchev–Trinajstić information content (AvgIpc) is 3.65. The van der Waals surface area contributed by atoms with E-state index in [1.807, 2.05) is 30.3 Å². The molecule has 2 aromatic carbocycles. The molecule has 1 atom stereocenters. The van der Waals surface area contributed by atoms with Crippen molar-refractivity contribution in [2.75, 3.05) is 13.1 Å². The smallest absolute Gasteiger partial charge is 0.254 e. The van der Waals surface area contributed by atoms with E-state index in [9.17, 15) is 23.3 Å². The summed E-state index contributed by atoms with van der Waals surface area (Å²) in [4.78, 5) is 38.3. The van der Waals surface area contributed by atoms with Crippen LogP contribution in [0.25, 0.3) is 0 Å². The molecule has 1 unspecified atom stereocenters. The minimum Gasteiger partial charge on any atom is -0.357 e. The summed E-state index contributed by atoms with van der Waals surface area (Å²) in [7, 11) is -3.79. The molecule has 0 radical (unpaired) electrons. The fourth-order valence-corrected chi connectivity index (χ4v) is 7.48. The first-order valence-electron chi connectivity index (χ1n) is 14.5. The summed E-state index contributed by atoms with van der Waals surface area (Å²) >= 11 is 0. The zero-order valence-electron chi connectivity index (χ0n) is 24.3. The molecule has 1 amide bonds. The van der Waals surface area contributed by atoms with Gasteiger partial charge >= 0.3 is 0 Å². The number of sulfonamides is 1. The van der Waals surface area contributed by atoms with Gasteiger partial charge in [0.05, 0.1) is 22.6 Å². The molecule has 1 N–H and O–H groups in total. The standard InChI is InChI=1S/C34H30N6O4S/c35-23-27-6-8-28(9-7-27)31(41)20-32-38-34(21-25-10-15-36-16-11-25,22-26-12-17-37-18-13-26)33(42)40(32)29-14-19-39(24-29)45(43,44)30-4-2-1-3-5-30/h1-13,15-18,20,29,38H,14,19,21-22,24H2. The molecule has 45 heavy (non-hydrogen) atoms. The number of nitrogens with zero attached hydrogens (tertiary/aromatic N) is 5. The molecule has 10 nitrogen and oxygen atoms in total. The van der Waals surface area contributed by atoms with Crippen LogP contribution in [-0.4, -0.2) is 64.0 Å². The minimum atomic E-state index is -3.79. The quantitative estimate of drug-likeness (QED) is 0.222. The van der Waals surface area contributed by atoms with Gasteiger partial charge in [0.2, 0.25) is 10.0 Å². The van der Waals surface area contributed by atoms with Crippen LogP contribution in [0.15, 0.2) is 120 Å². The van der Waals surface area contributed by atoms with Gasteiger partial charge in [-0.3, -0.25) is 24.5 Å². The van der Waals surface area contributed by atoms with Gasteiger partial charge in [0.1, 0.15) is 11.4 Å². The average molecular weight is 619 g/mol. The molecule has 4 aromatic rings. The molecule has 11 heteroatoms. The van der Waals surface area contributed by atoms with Gasteiger partial charge in [0, 0.05) is 62.4 Å². The second-order valence-electron chi connectivity index (χ2n) is 11.1. The highest BCUT2D eigenvalue weighted by Crippen LogP contribution is 2.35. The first-order chi connectivity index (χ1) is 21.8. The van der Waals surface area contributed by atoms with Crippen molar-refractivity contribution >= 4 is 21.7 Å². The number of nitrogens with one attached hydrogen (secondary N) is 1. The van der Waals surface area contributed by atoms with Crippen molar-refractivity contribution in [1.29, 1.82) is 5.26 Å². The van der Waals surface area contributed by atoms with E-state index >= 15 is 0 Å². The van der Waals surface area contributed by atoms with E-state index in [0.29, 0.717) is 36.2 Å². The van der Waals surface area contributed by atoms with E-state index in [4.69, 9.17) is 0 Å². The molecule has 0 spiro atoms. The third kappa shape index (κ3) is 6.11. The van der Waals surface area contributed by atoms with Crippen molar-refractivity contribution in [3.05, 3.63) is 138 Å². The van der Waals surface area contributed by atoms with Crippen molar-refractivity contribution in [2.24, 2.45) is 0 Å². The largest absolute Gasteiger partial charge is 0.357 e. The fourth-order valence-electron chi connectivity index (χ4n) is 5.97. The number of aromatic nitrogens is 2. The summed E-state index contributed by atoms with van der Waals surface area (Å²) in [5.74, 6) is -0.296. The fraction of sp³-hybridized carbons (Fsp3) is 0.206. The van der Waals surface area contributed by atoms with Crippen molar-refractivity contribution in [3.63, 3.8) is 0 Å². The number of benzene rings is 2. The Morgan fingerprint density at radius 2 is 1.53 bits per heavy atom. The Balaban J connectivity index is 1.40. The number of allylic oxidation sites excluding steroid dienone is 1. The van der Waals surface area contributed by atoms with E-state index in [0.717, 1.165) is 11.1 Å². The molecule has 4 heterocycles.